The molecule has 0 amide bonds. The number of terminal acetylenes is 1. The Morgan fingerprint density at radius 2 is 2.12 bits per heavy atom. The lowest BCUT2D eigenvalue weighted by Crippen LogP contribution is -2.00. The Bertz CT molecular complexity index is 341. The Hall–Kier alpha value is -1.46. The summed E-state index contributed by atoms with van der Waals surface area (Å²) < 4.78 is 5.62. The predicted octanol–water partition coefficient (Wildman–Crippen LogP) is 2.72. The number of unbranched alkanes of at least 4 members (excludes halogenated alkanes) is 3. The van der Waals surface area contributed by atoms with E-state index in [1.165, 1.54) is 0 Å². The normalized spacial score (nSPS) is 9.75. The molecule has 1 aromatic rings. The predicted molar refractivity (Wildman–Crippen MR) is 67.1 cm³/mol. The van der Waals surface area contributed by atoms with Crippen LogP contribution in [0.2, 0.25) is 0 Å². The smallest absolute Gasteiger partial charge is 0.119 e. The van der Waals surface area contributed by atoms with E-state index in [1.54, 1.807) is 0 Å². The number of hydrogen-bond donors (Lipinski definition) is 1. The molecule has 86 valence electrons. The highest BCUT2D eigenvalue weighted by molar-refractivity contribution is 5.28. The summed E-state index contributed by atoms with van der Waals surface area (Å²) in [6.45, 7) is 1.30. The van der Waals surface area contributed by atoms with Gasteiger partial charge < -0.3 is 10.5 Å². The Labute approximate surface area is 97.8 Å². The molecule has 0 fully saturated rings. The maximum Gasteiger partial charge on any atom is 0.119 e. The molecule has 0 aliphatic heterocycles. The van der Waals surface area contributed by atoms with E-state index in [0.29, 0.717) is 6.54 Å². The fourth-order valence-corrected chi connectivity index (χ4v) is 1.46. The van der Waals surface area contributed by atoms with Gasteiger partial charge >= 0.3 is 0 Å². The molecule has 0 aliphatic carbocycles. The van der Waals surface area contributed by atoms with Crippen molar-refractivity contribution in [2.24, 2.45) is 5.73 Å². The summed E-state index contributed by atoms with van der Waals surface area (Å²) in [5.74, 6) is 3.54. The summed E-state index contributed by atoms with van der Waals surface area (Å²) in [4.78, 5) is 0. The lowest BCUT2D eigenvalue weighted by molar-refractivity contribution is 0.305. The van der Waals surface area contributed by atoms with Crippen LogP contribution in [0.4, 0.5) is 0 Å². The Kier molecular flexibility index (Phi) is 6.13. The topological polar surface area (TPSA) is 35.2 Å². The zero-order valence-electron chi connectivity index (χ0n) is 9.61. The van der Waals surface area contributed by atoms with Gasteiger partial charge in [-0.1, -0.05) is 12.1 Å². The first kappa shape index (κ1) is 12.6. The first-order chi connectivity index (χ1) is 7.86. The van der Waals surface area contributed by atoms with Gasteiger partial charge in [-0.2, -0.15) is 0 Å². The molecule has 0 aliphatic rings. The maximum atomic E-state index is 5.62. The first-order valence-electron chi connectivity index (χ1n) is 5.72. The lowest BCUT2D eigenvalue weighted by atomic mass is 10.2. The van der Waals surface area contributed by atoms with Gasteiger partial charge in [0, 0.05) is 13.0 Å². The minimum atomic E-state index is 0.555. The fourth-order valence-electron chi connectivity index (χ4n) is 1.46. The van der Waals surface area contributed by atoms with Gasteiger partial charge in [0.15, 0.2) is 0 Å². The van der Waals surface area contributed by atoms with Crippen LogP contribution in [0.5, 0.6) is 5.75 Å². The molecule has 1 aromatic carbocycles. The van der Waals surface area contributed by atoms with Crippen molar-refractivity contribution in [1.29, 1.82) is 0 Å². The first-order valence-corrected chi connectivity index (χ1v) is 5.72. The van der Waals surface area contributed by atoms with Crippen LogP contribution in [-0.2, 0) is 6.54 Å². The van der Waals surface area contributed by atoms with Crippen molar-refractivity contribution in [2.75, 3.05) is 6.61 Å². The molecule has 0 spiro atoms. The monoisotopic (exact) mass is 217 g/mol. The number of ether oxygens (including phenoxy) is 1. The molecular formula is C14H19NO. The van der Waals surface area contributed by atoms with E-state index in [9.17, 15) is 0 Å². The van der Waals surface area contributed by atoms with Crippen molar-refractivity contribution in [3.8, 4) is 18.1 Å². The van der Waals surface area contributed by atoms with Crippen LogP contribution in [0.3, 0.4) is 0 Å². The van der Waals surface area contributed by atoms with E-state index in [2.05, 4.69) is 5.92 Å². The Morgan fingerprint density at radius 3 is 2.88 bits per heavy atom. The number of rotatable bonds is 7. The van der Waals surface area contributed by atoms with Crippen molar-refractivity contribution >= 4 is 0 Å². The quantitative estimate of drug-likeness (QED) is 0.563. The van der Waals surface area contributed by atoms with Crippen LogP contribution in [0.1, 0.15) is 31.2 Å². The van der Waals surface area contributed by atoms with Gasteiger partial charge in [-0.15, -0.1) is 12.3 Å². The van der Waals surface area contributed by atoms with Crippen LogP contribution in [0, 0.1) is 12.3 Å². The van der Waals surface area contributed by atoms with Crippen molar-refractivity contribution < 1.29 is 4.74 Å². The number of nitrogens with two attached hydrogens (primary N) is 1. The molecule has 2 nitrogen and oxygen atoms in total. The van der Waals surface area contributed by atoms with Gasteiger partial charge in [0.2, 0.25) is 0 Å². The summed E-state index contributed by atoms with van der Waals surface area (Å²) in [6, 6.07) is 7.91. The van der Waals surface area contributed by atoms with Crippen molar-refractivity contribution in [3.63, 3.8) is 0 Å². The van der Waals surface area contributed by atoms with Gasteiger partial charge in [-0.3, -0.25) is 0 Å². The highest BCUT2D eigenvalue weighted by Gasteiger charge is 1.95. The number of hydrogen-bond acceptors (Lipinski definition) is 2. The minimum absolute atomic E-state index is 0.555. The summed E-state index contributed by atoms with van der Waals surface area (Å²) in [6.07, 6.45) is 9.30. The van der Waals surface area contributed by atoms with Crippen LogP contribution in [0.15, 0.2) is 24.3 Å². The second-order valence-electron chi connectivity index (χ2n) is 3.71. The van der Waals surface area contributed by atoms with Crippen molar-refractivity contribution in [1.82, 2.24) is 0 Å². The molecule has 0 saturated heterocycles. The molecule has 0 radical (unpaired) electrons. The second-order valence-corrected chi connectivity index (χ2v) is 3.71. The molecule has 1 rings (SSSR count). The third-order valence-corrected chi connectivity index (χ3v) is 2.37. The lowest BCUT2D eigenvalue weighted by Gasteiger charge is -2.06. The second kappa shape index (κ2) is 7.78. The van der Waals surface area contributed by atoms with E-state index in [-0.39, 0.29) is 0 Å². The van der Waals surface area contributed by atoms with E-state index in [0.717, 1.165) is 43.6 Å². The zero-order valence-corrected chi connectivity index (χ0v) is 9.61. The van der Waals surface area contributed by atoms with Crippen LogP contribution in [0.25, 0.3) is 0 Å². The molecule has 0 saturated carbocycles. The maximum absolute atomic E-state index is 5.62. The molecule has 0 bridgehead atoms. The zero-order chi connectivity index (χ0) is 11.6. The molecule has 16 heavy (non-hydrogen) atoms. The van der Waals surface area contributed by atoms with Crippen molar-refractivity contribution in [3.05, 3.63) is 29.8 Å². The van der Waals surface area contributed by atoms with Gasteiger partial charge in [0.1, 0.15) is 5.75 Å². The van der Waals surface area contributed by atoms with E-state index in [1.807, 2.05) is 24.3 Å². The SMILES string of the molecule is C#CCCCCCOc1cccc(CN)c1. The highest BCUT2D eigenvalue weighted by atomic mass is 16.5. The number of benzene rings is 1. The van der Waals surface area contributed by atoms with E-state index >= 15 is 0 Å². The summed E-state index contributed by atoms with van der Waals surface area (Å²) >= 11 is 0. The van der Waals surface area contributed by atoms with E-state index < -0.39 is 0 Å². The molecule has 0 aromatic heterocycles. The van der Waals surface area contributed by atoms with Crippen LogP contribution in [-0.4, -0.2) is 6.61 Å². The van der Waals surface area contributed by atoms with Crippen LogP contribution < -0.4 is 10.5 Å². The third-order valence-electron chi connectivity index (χ3n) is 2.37. The summed E-state index contributed by atoms with van der Waals surface area (Å²) in [5, 5.41) is 0. The van der Waals surface area contributed by atoms with Gasteiger partial charge in [-0.05, 0) is 37.0 Å². The summed E-state index contributed by atoms with van der Waals surface area (Å²) in [5.41, 5.74) is 6.66. The molecule has 0 atom stereocenters. The molecule has 2 heteroatoms. The van der Waals surface area contributed by atoms with Gasteiger partial charge in [0.05, 0.1) is 6.61 Å². The van der Waals surface area contributed by atoms with Crippen LogP contribution >= 0.6 is 0 Å². The fraction of sp³-hybridized carbons (Fsp3) is 0.429. The average molecular weight is 217 g/mol. The van der Waals surface area contributed by atoms with Gasteiger partial charge in [0.25, 0.3) is 0 Å². The van der Waals surface area contributed by atoms with E-state index in [4.69, 9.17) is 16.9 Å². The van der Waals surface area contributed by atoms with Crippen molar-refractivity contribution in [2.45, 2.75) is 32.2 Å². The Balaban J connectivity index is 2.19. The average Bonchev–Trinajstić information content (AvgIpc) is 2.34. The highest BCUT2D eigenvalue weighted by Crippen LogP contribution is 2.13. The largest absolute Gasteiger partial charge is 0.494 e. The Morgan fingerprint density at radius 1 is 1.25 bits per heavy atom. The molecule has 0 unspecified atom stereocenters. The molecule has 0 heterocycles. The van der Waals surface area contributed by atoms with Gasteiger partial charge in [-0.25, -0.2) is 0 Å². The molecule has 2 N–H and O–H groups in total. The molecular weight excluding hydrogens is 198 g/mol. The standard InChI is InChI=1S/C14H19NO/c1-2-3-4-5-6-10-16-14-9-7-8-13(11-14)12-15/h1,7-9,11H,3-6,10,12,15H2. The minimum Gasteiger partial charge on any atom is -0.494 e. The summed E-state index contributed by atoms with van der Waals surface area (Å²) in [7, 11) is 0. The third kappa shape index (κ3) is 4.86.